The summed E-state index contributed by atoms with van der Waals surface area (Å²) in [5.41, 5.74) is 2.98. The lowest BCUT2D eigenvalue weighted by Crippen LogP contribution is -2.25. The number of nitrogens with one attached hydrogen (secondary N) is 3. The van der Waals surface area contributed by atoms with Crippen molar-refractivity contribution >= 4 is 22.6 Å². The lowest BCUT2D eigenvalue weighted by molar-refractivity contribution is 0.102. The summed E-state index contributed by atoms with van der Waals surface area (Å²) in [5.74, 6) is -0.448. The zero-order valence-electron chi connectivity index (χ0n) is 11.5. The Labute approximate surface area is 119 Å². The van der Waals surface area contributed by atoms with Gasteiger partial charge in [-0.1, -0.05) is 0 Å². The molecule has 7 heteroatoms. The summed E-state index contributed by atoms with van der Waals surface area (Å²) < 4.78 is 0. The maximum absolute atomic E-state index is 12.3. The molecule has 0 fully saturated rings. The van der Waals surface area contributed by atoms with Gasteiger partial charge in [-0.25, -0.2) is 0 Å². The molecule has 0 unspecified atom stereocenters. The van der Waals surface area contributed by atoms with Crippen LogP contribution < -0.4 is 10.9 Å². The van der Waals surface area contributed by atoms with Gasteiger partial charge in [0, 0.05) is 11.4 Å². The predicted octanol–water partition coefficient (Wildman–Crippen LogP) is 1.52. The number of H-pyrrole nitrogens is 2. The molecule has 0 radical (unpaired) electrons. The van der Waals surface area contributed by atoms with Crippen molar-refractivity contribution in [2.75, 3.05) is 5.32 Å². The first-order chi connectivity index (χ1) is 10.0. The van der Waals surface area contributed by atoms with E-state index in [9.17, 15) is 9.59 Å². The zero-order valence-corrected chi connectivity index (χ0v) is 11.5. The number of hydrogen-bond donors (Lipinski definition) is 3. The molecule has 3 aromatic rings. The van der Waals surface area contributed by atoms with Crippen LogP contribution in [0.2, 0.25) is 0 Å². The summed E-state index contributed by atoms with van der Waals surface area (Å²) in [6.07, 6.45) is 0. The highest BCUT2D eigenvalue weighted by Gasteiger charge is 2.14. The molecule has 0 aliphatic rings. The largest absolute Gasteiger partial charge is 0.326 e. The molecule has 0 spiro atoms. The molecular weight excluding hydrogens is 270 g/mol. The monoisotopic (exact) mass is 283 g/mol. The van der Waals surface area contributed by atoms with Crippen LogP contribution in [0.1, 0.15) is 21.6 Å². The van der Waals surface area contributed by atoms with Crippen LogP contribution in [-0.4, -0.2) is 26.3 Å². The number of carbonyl (C=O) groups is 1. The number of rotatable bonds is 2. The number of nitrogens with zero attached hydrogens (tertiary/aromatic N) is 2. The van der Waals surface area contributed by atoms with Crippen molar-refractivity contribution in [1.82, 2.24) is 20.4 Å². The van der Waals surface area contributed by atoms with Gasteiger partial charge < -0.3 is 10.3 Å². The van der Waals surface area contributed by atoms with Gasteiger partial charge in [-0.2, -0.15) is 15.4 Å². The Morgan fingerprint density at radius 3 is 2.67 bits per heavy atom. The lowest BCUT2D eigenvalue weighted by atomic mass is 10.1. The van der Waals surface area contributed by atoms with Crippen molar-refractivity contribution in [3.05, 3.63) is 51.4 Å². The molecule has 106 valence electrons. The number of carbonyl (C=O) groups excluding carboxylic acids is 1. The van der Waals surface area contributed by atoms with E-state index in [-0.39, 0.29) is 5.56 Å². The first-order valence-corrected chi connectivity index (χ1v) is 6.37. The number of aromatic amines is 2. The van der Waals surface area contributed by atoms with Gasteiger partial charge in [-0.3, -0.25) is 9.59 Å². The molecule has 3 N–H and O–H groups in total. The Morgan fingerprint density at radius 2 is 1.90 bits per heavy atom. The van der Waals surface area contributed by atoms with E-state index in [1.807, 2.05) is 0 Å². The third-order valence-electron chi connectivity index (χ3n) is 3.17. The second kappa shape index (κ2) is 4.86. The molecule has 0 saturated heterocycles. The predicted molar refractivity (Wildman–Crippen MR) is 78.4 cm³/mol. The molecule has 2 aromatic heterocycles. The molecule has 7 nitrogen and oxygen atoms in total. The zero-order chi connectivity index (χ0) is 15.0. The highest BCUT2D eigenvalue weighted by Crippen LogP contribution is 2.16. The summed E-state index contributed by atoms with van der Waals surface area (Å²) in [7, 11) is 0. The maximum Gasteiger partial charge on any atom is 0.261 e. The fourth-order valence-electron chi connectivity index (χ4n) is 2.25. The minimum atomic E-state index is -0.448. The van der Waals surface area contributed by atoms with Gasteiger partial charge in [0.25, 0.3) is 11.5 Å². The van der Waals surface area contributed by atoms with E-state index in [2.05, 4.69) is 25.7 Å². The summed E-state index contributed by atoms with van der Waals surface area (Å²) in [6, 6.07) is 6.90. The Morgan fingerprint density at radius 1 is 1.14 bits per heavy atom. The maximum atomic E-state index is 12.3. The molecule has 1 aromatic carbocycles. The number of hydrogen-bond acceptors (Lipinski definition) is 4. The van der Waals surface area contributed by atoms with Gasteiger partial charge in [0.15, 0.2) is 0 Å². The molecular formula is C14H13N5O2. The Bertz CT molecular complexity index is 894. The van der Waals surface area contributed by atoms with Crippen molar-refractivity contribution in [2.45, 2.75) is 13.8 Å². The molecule has 1 amide bonds. The third-order valence-corrected chi connectivity index (χ3v) is 3.17. The van der Waals surface area contributed by atoms with Crippen molar-refractivity contribution < 1.29 is 4.79 Å². The second-order valence-corrected chi connectivity index (χ2v) is 4.82. The SMILES string of the molecule is Cc1cc(C)c(C(=O)Nc2ccc3n[nH]nc3c2)c(=O)[nH]1. The first-order valence-electron chi connectivity index (χ1n) is 6.37. The van der Waals surface area contributed by atoms with E-state index in [0.717, 1.165) is 5.69 Å². The number of anilines is 1. The molecule has 0 bridgehead atoms. The van der Waals surface area contributed by atoms with Crippen molar-refractivity contribution in [1.29, 1.82) is 0 Å². The van der Waals surface area contributed by atoms with E-state index in [1.165, 1.54) is 0 Å². The minimum Gasteiger partial charge on any atom is -0.326 e. The first kappa shape index (κ1) is 13.0. The van der Waals surface area contributed by atoms with Gasteiger partial charge >= 0.3 is 0 Å². The average molecular weight is 283 g/mol. The lowest BCUT2D eigenvalue weighted by Gasteiger charge is -2.07. The second-order valence-electron chi connectivity index (χ2n) is 4.82. The summed E-state index contributed by atoms with van der Waals surface area (Å²) in [5, 5.41) is 13.1. The Kier molecular flexibility index (Phi) is 3.02. The van der Waals surface area contributed by atoms with Crippen LogP contribution in [0.4, 0.5) is 5.69 Å². The molecule has 3 rings (SSSR count). The fourth-order valence-corrected chi connectivity index (χ4v) is 2.25. The van der Waals surface area contributed by atoms with E-state index in [0.29, 0.717) is 22.3 Å². The molecule has 21 heavy (non-hydrogen) atoms. The van der Waals surface area contributed by atoms with Crippen LogP contribution in [0.15, 0.2) is 29.1 Å². The van der Waals surface area contributed by atoms with E-state index >= 15 is 0 Å². The number of amides is 1. The van der Waals surface area contributed by atoms with Crippen molar-refractivity contribution in [3.63, 3.8) is 0 Å². The topological polar surface area (TPSA) is 104 Å². The van der Waals surface area contributed by atoms with E-state index in [1.54, 1.807) is 38.1 Å². The summed E-state index contributed by atoms with van der Waals surface area (Å²) >= 11 is 0. The number of aromatic nitrogens is 4. The smallest absolute Gasteiger partial charge is 0.261 e. The van der Waals surface area contributed by atoms with Crippen LogP contribution in [-0.2, 0) is 0 Å². The number of benzene rings is 1. The Hall–Kier alpha value is -2.96. The van der Waals surface area contributed by atoms with Crippen LogP contribution >= 0.6 is 0 Å². The normalized spacial score (nSPS) is 10.8. The molecule has 2 heterocycles. The van der Waals surface area contributed by atoms with Gasteiger partial charge in [0.2, 0.25) is 0 Å². The quantitative estimate of drug-likeness (QED) is 0.663. The highest BCUT2D eigenvalue weighted by molar-refractivity contribution is 6.05. The standard InChI is InChI=1S/C14H13N5O2/c1-7-5-8(2)15-13(20)12(7)14(21)16-9-3-4-10-11(6-9)18-19-17-10/h3-6H,1-2H3,(H,15,20)(H,16,21)(H,17,18,19). The van der Waals surface area contributed by atoms with Crippen molar-refractivity contribution in [3.8, 4) is 0 Å². The van der Waals surface area contributed by atoms with Crippen LogP contribution in [0.5, 0.6) is 0 Å². The van der Waals surface area contributed by atoms with Crippen LogP contribution in [0, 0.1) is 13.8 Å². The fraction of sp³-hybridized carbons (Fsp3) is 0.143. The average Bonchev–Trinajstić information content (AvgIpc) is 2.84. The summed E-state index contributed by atoms with van der Waals surface area (Å²) in [6.45, 7) is 3.51. The van der Waals surface area contributed by atoms with E-state index in [4.69, 9.17) is 0 Å². The van der Waals surface area contributed by atoms with Crippen LogP contribution in [0.3, 0.4) is 0 Å². The molecule has 0 atom stereocenters. The summed E-state index contributed by atoms with van der Waals surface area (Å²) in [4.78, 5) is 26.8. The number of fused-ring (bicyclic) bond motifs is 1. The van der Waals surface area contributed by atoms with Gasteiger partial charge in [-0.05, 0) is 43.7 Å². The van der Waals surface area contributed by atoms with Crippen LogP contribution in [0.25, 0.3) is 11.0 Å². The molecule has 0 aliphatic heterocycles. The number of aryl methyl sites for hydroxylation is 2. The van der Waals surface area contributed by atoms with Gasteiger partial charge in [0.1, 0.15) is 16.6 Å². The third kappa shape index (κ3) is 2.40. The Balaban J connectivity index is 1.94. The highest BCUT2D eigenvalue weighted by atomic mass is 16.2. The van der Waals surface area contributed by atoms with Gasteiger partial charge in [0.05, 0.1) is 0 Å². The minimum absolute atomic E-state index is 0.112. The molecule has 0 aliphatic carbocycles. The molecule has 0 saturated carbocycles. The van der Waals surface area contributed by atoms with E-state index < -0.39 is 11.5 Å². The van der Waals surface area contributed by atoms with Gasteiger partial charge in [-0.15, -0.1) is 0 Å². The van der Waals surface area contributed by atoms with Crippen molar-refractivity contribution in [2.24, 2.45) is 0 Å². The number of pyridine rings is 1.